The lowest BCUT2D eigenvalue weighted by molar-refractivity contribution is 0.305. The van der Waals surface area contributed by atoms with Crippen LogP contribution >= 0.6 is 11.6 Å². The van der Waals surface area contributed by atoms with Crippen molar-refractivity contribution in [3.05, 3.63) is 64.2 Å². The van der Waals surface area contributed by atoms with Crippen LogP contribution in [0.3, 0.4) is 0 Å². The van der Waals surface area contributed by atoms with Crippen molar-refractivity contribution in [1.29, 1.82) is 0 Å². The summed E-state index contributed by atoms with van der Waals surface area (Å²) in [5.41, 5.74) is 0.876. The zero-order valence-corrected chi connectivity index (χ0v) is 11.6. The average Bonchev–Trinajstić information content (AvgIpc) is 2.48. The third-order valence-electron chi connectivity index (χ3n) is 2.63. The molecule has 2 rings (SSSR count). The van der Waals surface area contributed by atoms with Crippen LogP contribution in [0.1, 0.15) is 11.1 Å². The van der Waals surface area contributed by atoms with Gasteiger partial charge in [-0.2, -0.15) is 0 Å². The van der Waals surface area contributed by atoms with Gasteiger partial charge in [-0.25, -0.2) is 8.78 Å². The molecule has 2 aromatic rings. The molecule has 0 bridgehead atoms. The molecule has 1 N–H and O–H groups in total. The van der Waals surface area contributed by atoms with Crippen LogP contribution in [-0.4, -0.2) is 11.7 Å². The van der Waals surface area contributed by atoms with Gasteiger partial charge in [-0.1, -0.05) is 29.5 Å². The van der Waals surface area contributed by atoms with Crippen LogP contribution in [-0.2, 0) is 6.61 Å². The van der Waals surface area contributed by atoms with Gasteiger partial charge in [0.2, 0.25) is 0 Å². The fourth-order valence-corrected chi connectivity index (χ4v) is 1.80. The monoisotopic (exact) mass is 308 g/mol. The summed E-state index contributed by atoms with van der Waals surface area (Å²) in [5.74, 6) is 4.32. The van der Waals surface area contributed by atoms with E-state index in [4.69, 9.17) is 21.4 Å². The molecule has 0 heterocycles. The van der Waals surface area contributed by atoms with Crippen molar-refractivity contribution < 1.29 is 18.6 Å². The number of aliphatic hydroxyl groups excluding tert-OH is 1. The highest BCUT2D eigenvalue weighted by atomic mass is 35.5. The van der Waals surface area contributed by atoms with Gasteiger partial charge < -0.3 is 9.84 Å². The summed E-state index contributed by atoms with van der Waals surface area (Å²) in [5, 5.41) is 8.60. The van der Waals surface area contributed by atoms with Crippen molar-refractivity contribution >= 4 is 11.6 Å². The van der Waals surface area contributed by atoms with Gasteiger partial charge in [0.1, 0.15) is 30.6 Å². The third kappa shape index (κ3) is 4.19. The second-order valence-corrected chi connectivity index (χ2v) is 4.55. The molecule has 0 saturated carbocycles. The van der Waals surface area contributed by atoms with E-state index in [-0.39, 0.29) is 23.8 Å². The first-order chi connectivity index (χ1) is 10.1. The largest absolute Gasteiger partial charge is 0.489 e. The lowest BCUT2D eigenvalue weighted by Crippen LogP contribution is -1.97. The van der Waals surface area contributed by atoms with E-state index < -0.39 is 11.6 Å². The molecule has 5 heteroatoms. The fraction of sp³-hybridized carbons (Fsp3) is 0.125. The first kappa shape index (κ1) is 15.3. The van der Waals surface area contributed by atoms with Gasteiger partial charge >= 0.3 is 0 Å². The Hall–Kier alpha value is -2.09. The second-order valence-electron chi connectivity index (χ2n) is 4.14. The van der Waals surface area contributed by atoms with E-state index in [1.54, 1.807) is 6.07 Å². The summed E-state index contributed by atoms with van der Waals surface area (Å²) in [6.45, 7) is -0.176. The molecule has 108 valence electrons. The van der Waals surface area contributed by atoms with Gasteiger partial charge in [0.25, 0.3) is 0 Å². The van der Waals surface area contributed by atoms with E-state index in [0.29, 0.717) is 11.3 Å². The molecule has 0 aliphatic rings. The van der Waals surface area contributed by atoms with E-state index in [1.807, 2.05) is 0 Å². The molecule has 0 spiro atoms. The van der Waals surface area contributed by atoms with Crippen LogP contribution in [0, 0.1) is 23.5 Å². The first-order valence-corrected chi connectivity index (χ1v) is 6.44. The molecule has 0 radical (unpaired) electrons. The Morgan fingerprint density at radius 3 is 2.57 bits per heavy atom. The number of hydrogen-bond acceptors (Lipinski definition) is 2. The Bertz CT molecular complexity index is 705. The standard InChI is InChI=1S/C16H11ClF2O2/c17-14-9-13(4-6-16(14)19)21-10-11-3-5-15(18)12(8-11)2-1-7-20/h3-6,8-9,20H,7,10H2. The Labute approximate surface area is 125 Å². The highest BCUT2D eigenvalue weighted by Gasteiger charge is 2.04. The zero-order chi connectivity index (χ0) is 15.2. The number of rotatable bonds is 3. The molecular formula is C16H11ClF2O2. The SMILES string of the molecule is OCC#Cc1cc(COc2ccc(F)c(Cl)c2)ccc1F. The van der Waals surface area contributed by atoms with Gasteiger partial charge in [0, 0.05) is 6.07 Å². The molecule has 0 aliphatic heterocycles. The summed E-state index contributed by atoms with van der Waals surface area (Å²) in [6.07, 6.45) is 0. The molecule has 0 saturated heterocycles. The number of ether oxygens (including phenoxy) is 1. The van der Waals surface area contributed by atoms with Crippen molar-refractivity contribution in [3.63, 3.8) is 0 Å². The Balaban J connectivity index is 2.11. The van der Waals surface area contributed by atoms with Crippen molar-refractivity contribution in [2.45, 2.75) is 6.61 Å². The third-order valence-corrected chi connectivity index (χ3v) is 2.92. The summed E-state index contributed by atoms with van der Waals surface area (Å²) in [4.78, 5) is 0. The summed E-state index contributed by atoms with van der Waals surface area (Å²) in [6, 6.07) is 8.40. The van der Waals surface area contributed by atoms with Crippen LogP contribution in [0.4, 0.5) is 8.78 Å². The van der Waals surface area contributed by atoms with Gasteiger partial charge in [-0.05, 0) is 29.8 Å². The minimum absolute atomic E-state index is 0.0268. The van der Waals surface area contributed by atoms with Crippen LogP contribution in [0.5, 0.6) is 5.75 Å². The molecule has 0 aromatic heterocycles. The Morgan fingerprint density at radius 2 is 1.86 bits per heavy atom. The topological polar surface area (TPSA) is 29.5 Å². The zero-order valence-electron chi connectivity index (χ0n) is 10.9. The van der Waals surface area contributed by atoms with Crippen molar-refractivity contribution in [1.82, 2.24) is 0 Å². The average molecular weight is 309 g/mol. The molecule has 0 atom stereocenters. The van der Waals surface area contributed by atoms with Gasteiger partial charge in [0.05, 0.1) is 10.6 Å². The Kier molecular flexibility index (Phi) is 5.15. The summed E-state index contributed by atoms with van der Waals surface area (Å²) in [7, 11) is 0. The number of aliphatic hydroxyl groups is 1. The molecule has 21 heavy (non-hydrogen) atoms. The van der Waals surface area contributed by atoms with Crippen LogP contribution in [0.25, 0.3) is 0 Å². The number of halogens is 3. The predicted molar refractivity (Wildman–Crippen MR) is 76.1 cm³/mol. The van der Waals surface area contributed by atoms with E-state index in [9.17, 15) is 8.78 Å². The second kappa shape index (κ2) is 7.07. The van der Waals surface area contributed by atoms with Crippen LogP contribution < -0.4 is 4.74 Å². The highest BCUT2D eigenvalue weighted by molar-refractivity contribution is 6.30. The number of benzene rings is 2. The van der Waals surface area contributed by atoms with Crippen molar-refractivity contribution in [2.75, 3.05) is 6.61 Å². The lowest BCUT2D eigenvalue weighted by Gasteiger charge is -2.07. The van der Waals surface area contributed by atoms with Gasteiger partial charge in [-0.15, -0.1) is 0 Å². The Morgan fingerprint density at radius 1 is 1.10 bits per heavy atom. The highest BCUT2D eigenvalue weighted by Crippen LogP contribution is 2.22. The minimum atomic E-state index is -0.521. The van der Waals surface area contributed by atoms with Crippen molar-refractivity contribution in [2.24, 2.45) is 0 Å². The lowest BCUT2D eigenvalue weighted by atomic mass is 10.1. The fourth-order valence-electron chi connectivity index (χ4n) is 1.63. The van der Waals surface area contributed by atoms with E-state index in [2.05, 4.69) is 11.8 Å². The molecule has 0 aliphatic carbocycles. The maximum Gasteiger partial charge on any atom is 0.142 e. The normalized spacial score (nSPS) is 9.90. The predicted octanol–water partition coefficient (Wildman–Crippen LogP) is 3.54. The first-order valence-electron chi connectivity index (χ1n) is 6.06. The molecule has 2 aromatic carbocycles. The van der Waals surface area contributed by atoms with Gasteiger partial charge in [0.15, 0.2) is 0 Å². The quantitative estimate of drug-likeness (QED) is 0.879. The summed E-state index contributed by atoms with van der Waals surface area (Å²) < 4.78 is 31.9. The maximum atomic E-state index is 13.5. The molecular weight excluding hydrogens is 298 g/mol. The van der Waals surface area contributed by atoms with Crippen LogP contribution in [0.15, 0.2) is 36.4 Å². The van der Waals surface area contributed by atoms with Crippen molar-refractivity contribution in [3.8, 4) is 17.6 Å². The summed E-state index contributed by atoms with van der Waals surface area (Å²) >= 11 is 5.65. The van der Waals surface area contributed by atoms with E-state index in [0.717, 1.165) is 0 Å². The van der Waals surface area contributed by atoms with E-state index >= 15 is 0 Å². The van der Waals surface area contributed by atoms with E-state index in [1.165, 1.54) is 30.3 Å². The molecule has 2 nitrogen and oxygen atoms in total. The minimum Gasteiger partial charge on any atom is -0.489 e. The molecule has 0 unspecified atom stereocenters. The molecule has 0 fully saturated rings. The van der Waals surface area contributed by atoms with Crippen LogP contribution in [0.2, 0.25) is 5.02 Å². The maximum absolute atomic E-state index is 13.5. The number of hydrogen-bond donors (Lipinski definition) is 1. The molecule has 0 amide bonds. The smallest absolute Gasteiger partial charge is 0.142 e. The van der Waals surface area contributed by atoms with Gasteiger partial charge in [-0.3, -0.25) is 0 Å².